The Morgan fingerprint density at radius 1 is 1.36 bits per heavy atom. The van der Waals surface area contributed by atoms with Crippen LogP contribution in [0.15, 0.2) is 12.4 Å². The minimum atomic E-state index is -0.141. The van der Waals surface area contributed by atoms with Crippen LogP contribution in [0, 0.1) is 6.92 Å². The second kappa shape index (κ2) is 4.37. The summed E-state index contributed by atoms with van der Waals surface area (Å²) in [6, 6.07) is 0. The summed E-state index contributed by atoms with van der Waals surface area (Å²) in [7, 11) is 0. The molecule has 0 saturated carbocycles. The Balaban J connectivity index is 2.35. The first-order chi connectivity index (χ1) is 6.47. The van der Waals surface area contributed by atoms with Gasteiger partial charge in [0, 0.05) is 24.5 Å². The highest BCUT2D eigenvalue weighted by Gasteiger charge is 2.09. The Labute approximate surface area is 85.0 Å². The Bertz CT molecular complexity index is 273. The van der Waals surface area contributed by atoms with Gasteiger partial charge in [-0.25, -0.2) is 9.97 Å². The molecule has 0 amide bonds. The first-order valence-electron chi connectivity index (χ1n) is 4.79. The van der Waals surface area contributed by atoms with Gasteiger partial charge < -0.3 is 11.1 Å². The molecule has 0 saturated heterocycles. The molecule has 0 spiro atoms. The third kappa shape index (κ3) is 4.18. The molecule has 3 N–H and O–H groups in total. The Hall–Kier alpha value is -1.16. The van der Waals surface area contributed by atoms with Gasteiger partial charge in [0.25, 0.3) is 0 Å². The quantitative estimate of drug-likeness (QED) is 0.759. The fourth-order valence-electron chi connectivity index (χ4n) is 0.980. The van der Waals surface area contributed by atoms with Crippen molar-refractivity contribution >= 4 is 5.95 Å². The number of nitrogens with one attached hydrogen (secondary N) is 1. The minimum Gasteiger partial charge on any atom is -0.354 e. The van der Waals surface area contributed by atoms with E-state index in [4.69, 9.17) is 5.73 Å². The fraction of sp³-hybridized carbons (Fsp3) is 0.600. The van der Waals surface area contributed by atoms with E-state index in [9.17, 15) is 0 Å². The van der Waals surface area contributed by atoms with Crippen molar-refractivity contribution in [1.82, 2.24) is 9.97 Å². The lowest BCUT2D eigenvalue weighted by molar-refractivity contribution is 0.490. The molecule has 1 aromatic heterocycles. The van der Waals surface area contributed by atoms with Crippen LogP contribution < -0.4 is 11.1 Å². The highest BCUT2D eigenvalue weighted by Crippen LogP contribution is 2.04. The Morgan fingerprint density at radius 3 is 2.43 bits per heavy atom. The highest BCUT2D eigenvalue weighted by atomic mass is 15.1. The predicted octanol–water partition coefficient (Wildman–Crippen LogP) is 1.32. The summed E-state index contributed by atoms with van der Waals surface area (Å²) in [5.41, 5.74) is 6.77. The van der Waals surface area contributed by atoms with Crippen LogP contribution >= 0.6 is 0 Å². The van der Waals surface area contributed by atoms with Crippen LogP contribution in [0.1, 0.15) is 25.8 Å². The van der Waals surface area contributed by atoms with Crippen LogP contribution in [0.3, 0.4) is 0 Å². The molecule has 0 aliphatic heterocycles. The van der Waals surface area contributed by atoms with Gasteiger partial charge in [0.15, 0.2) is 0 Å². The number of nitrogens with zero attached hydrogens (tertiary/aromatic N) is 2. The largest absolute Gasteiger partial charge is 0.354 e. The maximum absolute atomic E-state index is 5.84. The third-order valence-electron chi connectivity index (χ3n) is 1.83. The van der Waals surface area contributed by atoms with Crippen LogP contribution in [0.2, 0.25) is 0 Å². The number of hydrogen-bond acceptors (Lipinski definition) is 4. The zero-order valence-electron chi connectivity index (χ0n) is 9.04. The molecule has 14 heavy (non-hydrogen) atoms. The first-order valence-corrected chi connectivity index (χ1v) is 4.79. The summed E-state index contributed by atoms with van der Waals surface area (Å²) in [5.74, 6) is 0.667. The third-order valence-corrected chi connectivity index (χ3v) is 1.83. The van der Waals surface area contributed by atoms with Crippen molar-refractivity contribution in [3.8, 4) is 0 Å². The standard InChI is InChI=1S/C10H18N4/c1-8-6-13-9(14-7-8)12-5-4-10(2,3)11/h6-7H,4-5,11H2,1-3H3,(H,12,13,14). The van der Waals surface area contributed by atoms with Crippen molar-refractivity contribution in [3.63, 3.8) is 0 Å². The van der Waals surface area contributed by atoms with Crippen molar-refractivity contribution < 1.29 is 0 Å². The normalized spacial score (nSPS) is 11.4. The van der Waals surface area contributed by atoms with Crippen molar-refractivity contribution in [2.45, 2.75) is 32.7 Å². The topological polar surface area (TPSA) is 63.8 Å². The van der Waals surface area contributed by atoms with E-state index in [0.717, 1.165) is 18.5 Å². The monoisotopic (exact) mass is 194 g/mol. The van der Waals surface area contributed by atoms with E-state index in [1.54, 1.807) is 12.4 Å². The lowest BCUT2D eigenvalue weighted by atomic mass is 10.0. The van der Waals surface area contributed by atoms with Gasteiger partial charge >= 0.3 is 0 Å². The van der Waals surface area contributed by atoms with Crippen LogP contribution in [0.4, 0.5) is 5.95 Å². The van der Waals surface area contributed by atoms with E-state index < -0.39 is 0 Å². The van der Waals surface area contributed by atoms with E-state index in [1.165, 1.54) is 0 Å². The summed E-state index contributed by atoms with van der Waals surface area (Å²) in [6.45, 7) is 6.77. The minimum absolute atomic E-state index is 0.141. The van der Waals surface area contributed by atoms with Crippen molar-refractivity contribution in [2.75, 3.05) is 11.9 Å². The molecule has 0 aromatic carbocycles. The van der Waals surface area contributed by atoms with Crippen molar-refractivity contribution in [3.05, 3.63) is 18.0 Å². The lowest BCUT2D eigenvalue weighted by Gasteiger charge is -2.18. The molecular formula is C10H18N4. The highest BCUT2D eigenvalue weighted by molar-refractivity contribution is 5.23. The molecule has 0 unspecified atom stereocenters. The Morgan fingerprint density at radius 2 is 1.93 bits per heavy atom. The zero-order valence-corrected chi connectivity index (χ0v) is 9.04. The van der Waals surface area contributed by atoms with Gasteiger partial charge in [-0.2, -0.15) is 0 Å². The number of nitrogens with two attached hydrogens (primary N) is 1. The molecule has 0 fully saturated rings. The molecule has 1 heterocycles. The molecule has 78 valence electrons. The van der Waals surface area contributed by atoms with Crippen LogP contribution in [0.5, 0.6) is 0 Å². The number of anilines is 1. The van der Waals surface area contributed by atoms with Crippen LogP contribution in [-0.2, 0) is 0 Å². The van der Waals surface area contributed by atoms with Gasteiger partial charge in [0.2, 0.25) is 5.95 Å². The summed E-state index contributed by atoms with van der Waals surface area (Å²) in [6.07, 6.45) is 4.48. The number of rotatable bonds is 4. The maximum atomic E-state index is 5.84. The maximum Gasteiger partial charge on any atom is 0.222 e. The molecule has 0 aliphatic rings. The van der Waals surface area contributed by atoms with Crippen molar-refractivity contribution in [1.29, 1.82) is 0 Å². The average Bonchev–Trinajstić information content (AvgIpc) is 2.06. The molecule has 0 atom stereocenters. The fourth-order valence-corrected chi connectivity index (χ4v) is 0.980. The van der Waals surface area contributed by atoms with E-state index in [-0.39, 0.29) is 5.54 Å². The molecule has 0 aliphatic carbocycles. The van der Waals surface area contributed by atoms with Gasteiger partial charge in [-0.1, -0.05) is 0 Å². The average molecular weight is 194 g/mol. The SMILES string of the molecule is Cc1cnc(NCCC(C)(C)N)nc1. The molecule has 4 heteroatoms. The van der Waals surface area contributed by atoms with Gasteiger partial charge in [-0.05, 0) is 32.8 Å². The van der Waals surface area contributed by atoms with Crippen molar-refractivity contribution in [2.24, 2.45) is 5.73 Å². The smallest absolute Gasteiger partial charge is 0.222 e. The summed E-state index contributed by atoms with van der Waals surface area (Å²) in [5, 5.41) is 3.13. The van der Waals surface area contributed by atoms with Gasteiger partial charge in [-0.3, -0.25) is 0 Å². The van der Waals surface area contributed by atoms with E-state index in [2.05, 4.69) is 15.3 Å². The number of aryl methyl sites for hydroxylation is 1. The summed E-state index contributed by atoms with van der Waals surface area (Å²) >= 11 is 0. The van der Waals surface area contributed by atoms with Gasteiger partial charge in [0.05, 0.1) is 0 Å². The number of hydrogen-bond donors (Lipinski definition) is 2. The van der Waals surface area contributed by atoms with E-state index in [0.29, 0.717) is 5.95 Å². The second-order valence-electron chi connectivity index (χ2n) is 4.25. The number of aromatic nitrogens is 2. The Kier molecular flexibility index (Phi) is 3.41. The molecular weight excluding hydrogens is 176 g/mol. The molecule has 0 bridgehead atoms. The zero-order chi connectivity index (χ0) is 10.6. The predicted molar refractivity (Wildman–Crippen MR) is 58.1 cm³/mol. The second-order valence-corrected chi connectivity index (χ2v) is 4.25. The molecule has 1 aromatic rings. The molecule has 4 nitrogen and oxygen atoms in total. The summed E-state index contributed by atoms with van der Waals surface area (Å²) < 4.78 is 0. The summed E-state index contributed by atoms with van der Waals surface area (Å²) in [4.78, 5) is 8.27. The van der Waals surface area contributed by atoms with Crippen LogP contribution in [-0.4, -0.2) is 22.1 Å². The van der Waals surface area contributed by atoms with Gasteiger partial charge in [-0.15, -0.1) is 0 Å². The molecule has 0 radical (unpaired) electrons. The lowest BCUT2D eigenvalue weighted by Crippen LogP contribution is -2.34. The van der Waals surface area contributed by atoms with E-state index >= 15 is 0 Å². The van der Waals surface area contributed by atoms with Gasteiger partial charge in [0.1, 0.15) is 0 Å². The molecule has 1 rings (SSSR count). The van der Waals surface area contributed by atoms with Crippen LogP contribution in [0.25, 0.3) is 0 Å². The van der Waals surface area contributed by atoms with E-state index in [1.807, 2.05) is 20.8 Å². The first kappa shape index (κ1) is 10.9.